The maximum atomic E-state index is 13.7. The fourth-order valence-corrected chi connectivity index (χ4v) is 6.38. The predicted octanol–water partition coefficient (Wildman–Crippen LogP) is 5.64. The number of anilines is 1. The van der Waals surface area contributed by atoms with Gasteiger partial charge in [0.25, 0.3) is 15.9 Å². The van der Waals surface area contributed by atoms with Crippen LogP contribution in [0.3, 0.4) is 0 Å². The standard InChI is InChI=1S/C31H30N4O4S/c1-19-10-5-7-14-23(19)27-26(31(2,3)4)28-33-30(32-27)34-40(37,38)22-13-9-12-20(16-22)29(36)35-17-21-11-6-8-15-24(21)25(18-35)39-28/h5-16,25H,17-18H2,1-4H3,(H,32,33,34). The number of hydrogen-bond acceptors (Lipinski definition) is 6. The van der Waals surface area contributed by atoms with E-state index in [1.807, 2.05) is 76.2 Å². The van der Waals surface area contributed by atoms with Gasteiger partial charge in [-0.1, -0.05) is 75.4 Å². The van der Waals surface area contributed by atoms with Gasteiger partial charge in [-0.2, -0.15) is 4.98 Å². The summed E-state index contributed by atoms with van der Waals surface area (Å²) in [7, 11) is -4.12. The van der Waals surface area contributed by atoms with Gasteiger partial charge in [-0.05, 0) is 47.2 Å². The Morgan fingerprint density at radius 3 is 2.50 bits per heavy atom. The third-order valence-corrected chi connectivity index (χ3v) is 8.66. The Morgan fingerprint density at radius 2 is 1.73 bits per heavy atom. The van der Waals surface area contributed by atoms with Crippen molar-refractivity contribution in [3.63, 3.8) is 0 Å². The second kappa shape index (κ2) is 9.45. The molecule has 204 valence electrons. The van der Waals surface area contributed by atoms with Gasteiger partial charge in [0, 0.05) is 23.2 Å². The van der Waals surface area contributed by atoms with Gasteiger partial charge in [-0.15, -0.1) is 0 Å². The van der Waals surface area contributed by atoms with Crippen molar-refractivity contribution in [2.45, 2.75) is 50.7 Å². The molecule has 6 bridgehead atoms. The van der Waals surface area contributed by atoms with Crippen LogP contribution in [0.25, 0.3) is 11.3 Å². The van der Waals surface area contributed by atoms with Crippen LogP contribution in [0.2, 0.25) is 0 Å². The zero-order valence-corrected chi connectivity index (χ0v) is 23.6. The van der Waals surface area contributed by atoms with Crippen LogP contribution in [-0.2, 0) is 22.0 Å². The molecule has 2 aliphatic rings. The molecule has 9 heteroatoms. The maximum Gasteiger partial charge on any atom is 0.264 e. The van der Waals surface area contributed by atoms with Crippen LogP contribution in [0.1, 0.15) is 59.5 Å². The number of amides is 1. The lowest BCUT2D eigenvalue weighted by atomic mass is 9.84. The van der Waals surface area contributed by atoms with Gasteiger partial charge in [0.15, 0.2) is 0 Å². The molecule has 6 rings (SSSR count). The highest BCUT2D eigenvalue weighted by Crippen LogP contribution is 2.42. The van der Waals surface area contributed by atoms with Gasteiger partial charge in [0.1, 0.15) is 6.10 Å². The highest BCUT2D eigenvalue weighted by molar-refractivity contribution is 7.92. The largest absolute Gasteiger partial charge is 0.467 e. The van der Waals surface area contributed by atoms with Crippen molar-refractivity contribution in [3.8, 4) is 17.1 Å². The molecule has 8 nitrogen and oxygen atoms in total. The molecular formula is C31H30N4O4S. The van der Waals surface area contributed by atoms with Crippen LogP contribution in [0, 0.1) is 6.92 Å². The topological polar surface area (TPSA) is 101 Å². The van der Waals surface area contributed by atoms with Gasteiger partial charge in [0.2, 0.25) is 11.8 Å². The smallest absolute Gasteiger partial charge is 0.264 e. The van der Waals surface area contributed by atoms with Crippen molar-refractivity contribution in [1.29, 1.82) is 0 Å². The molecule has 1 aromatic heterocycles. The van der Waals surface area contributed by atoms with Crippen molar-refractivity contribution in [1.82, 2.24) is 14.9 Å². The third-order valence-electron chi connectivity index (χ3n) is 7.33. The van der Waals surface area contributed by atoms with E-state index in [2.05, 4.69) is 9.71 Å². The van der Waals surface area contributed by atoms with E-state index in [1.165, 1.54) is 12.1 Å². The number of hydrogen-bond donors (Lipinski definition) is 1. The lowest BCUT2D eigenvalue weighted by molar-refractivity contribution is 0.0585. The Labute approximate surface area is 234 Å². The minimum Gasteiger partial charge on any atom is -0.467 e. The molecule has 0 fully saturated rings. The lowest BCUT2D eigenvalue weighted by Crippen LogP contribution is -2.40. The Kier molecular flexibility index (Phi) is 6.14. The molecular weight excluding hydrogens is 524 g/mol. The van der Waals surface area contributed by atoms with Gasteiger partial charge >= 0.3 is 0 Å². The minimum atomic E-state index is -4.12. The fraction of sp³-hybridized carbons (Fsp3) is 0.258. The Balaban J connectivity index is 1.65. The van der Waals surface area contributed by atoms with Crippen molar-refractivity contribution < 1.29 is 17.9 Å². The number of aryl methyl sites for hydroxylation is 1. The molecule has 0 radical (unpaired) electrons. The van der Waals surface area contributed by atoms with Crippen LogP contribution >= 0.6 is 0 Å². The SMILES string of the molecule is Cc1ccccc1-c1nc2nc(c1C(C)(C)C)OC1CN(Cc3ccccc31)C(=O)c1cccc(c1)S(=O)(=O)N2. The predicted molar refractivity (Wildman–Crippen MR) is 153 cm³/mol. The molecule has 4 aromatic rings. The van der Waals surface area contributed by atoms with E-state index in [0.717, 1.165) is 27.8 Å². The van der Waals surface area contributed by atoms with Gasteiger partial charge in [0.05, 0.1) is 17.1 Å². The summed E-state index contributed by atoms with van der Waals surface area (Å²) < 4.78 is 36.3. The van der Waals surface area contributed by atoms with E-state index < -0.39 is 21.5 Å². The summed E-state index contributed by atoms with van der Waals surface area (Å²) in [5.74, 6) is -0.0921. The van der Waals surface area contributed by atoms with Crippen molar-refractivity contribution in [2.24, 2.45) is 0 Å². The molecule has 0 saturated carbocycles. The monoisotopic (exact) mass is 554 g/mol. The van der Waals surface area contributed by atoms with Gasteiger partial charge < -0.3 is 9.64 Å². The second-order valence-corrected chi connectivity index (χ2v) is 12.9. The van der Waals surface area contributed by atoms with Gasteiger partial charge in [-0.25, -0.2) is 18.1 Å². The highest BCUT2D eigenvalue weighted by atomic mass is 32.2. The molecule has 0 aliphatic carbocycles. The molecule has 40 heavy (non-hydrogen) atoms. The summed E-state index contributed by atoms with van der Waals surface area (Å²) in [5, 5.41) is 0. The van der Waals surface area contributed by atoms with E-state index in [-0.39, 0.29) is 34.7 Å². The van der Waals surface area contributed by atoms with Crippen LogP contribution in [0.15, 0.2) is 77.7 Å². The molecule has 1 atom stereocenters. The van der Waals surface area contributed by atoms with Crippen LogP contribution in [0.4, 0.5) is 5.95 Å². The Bertz CT molecular complexity index is 1760. The minimum absolute atomic E-state index is 0.0463. The molecule has 3 heterocycles. The van der Waals surface area contributed by atoms with Crippen LogP contribution in [-0.4, -0.2) is 35.7 Å². The maximum absolute atomic E-state index is 13.7. The first kappa shape index (κ1) is 26.0. The molecule has 1 unspecified atom stereocenters. The van der Waals surface area contributed by atoms with E-state index in [0.29, 0.717) is 12.2 Å². The van der Waals surface area contributed by atoms with E-state index in [9.17, 15) is 13.2 Å². The molecule has 0 saturated heterocycles. The molecule has 2 aliphatic heterocycles. The number of sulfonamides is 1. The summed E-state index contributed by atoms with van der Waals surface area (Å²) in [6.07, 6.45) is -0.525. The summed E-state index contributed by atoms with van der Waals surface area (Å²) in [6, 6.07) is 21.8. The number of aromatic nitrogens is 2. The van der Waals surface area contributed by atoms with Crippen molar-refractivity contribution in [2.75, 3.05) is 11.3 Å². The van der Waals surface area contributed by atoms with Crippen molar-refractivity contribution >= 4 is 21.9 Å². The van der Waals surface area contributed by atoms with E-state index in [1.54, 1.807) is 17.0 Å². The number of ether oxygens (including phenoxy) is 1. The number of nitrogens with zero attached hydrogens (tertiary/aromatic N) is 3. The first-order valence-electron chi connectivity index (χ1n) is 13.2. The number of carbonyl (C=O) groups is 1. The summed E-state index contributed by atoms with van der Waals surface area (Å²) in [4.78, 5) is 24.7. The number of fused-ring (bicyclic) bond motifs is 8. The van der Waals surface area contributed by atoms with E-state index >= 15 is 0 Å². The fourth-order valence-electron chi connectivity index (χ4n) is 5.39. The zero-order chi connectivity index (χ0) is 28.2. The van der Waals surface area contributed by atoms with Gasteiger partial charge in [-0.3, -0.25) is 4.79 Å². The molecule has 1 amide bonds. The molecule has 3 aromatic carbocycles. The third kappa shape index (κ3) is 4.60. The molecule has 0 spiro atoms. The number of nitrogens with one attached hydrogen (secondary N) is 1. The molecule has 1 N–H and O–H groups in total. The highest BCUT2D eigenvalue weighted by Gasteiger charge is 2.35. The number of benzene rings is 3. The average Bonchev–Trinajstić information content (AvgIpc) is 2.91. The quantitative estimate of drug-likeness (QED) is 0.327. The van der Waals surface area contributed by atoms with Crippen LogP contribution in [0.5, 0.6) is 5.88 Å². The summed E-state index contributed by atoms with van der Waals surface area (Å²) in [6.45, 7) is 8.81. The normalized spacial score (nSPS) is 17.9. The summed E-state index contributed by atoms with van der Waals surface area (Å²) >= 11 is 0. The van der Waals surface area contributed by atoms with Crippen molar-refractivity contribution in [3.05, 3.63) is 101 Å². The Morgan fingerprint density at radius 1 is 0.975 bits per heavy atom. The van der Waals surface area contributed by atoms with E-state index in [4.69, 9.17) is 9.72 Å². The number of rotatable bonds is 1. The zero-order valence-electron chi connectivity index (χ0n) is 22.8. The van der Waals surface area contributed by atoms with Crippen LogP contribution < -0.4 is 9.46 Å². The summed E-state index contributed by atoms with van der Waals surface area (Å²) in [5.41, 5.74) is 4.93. The second-order valence-electron chi connectivity index (χ2n) is 11.3. The number of carbonyl (C=O) groups excluding carboxylic acids is 1. The first-order valence-corrected chi connectivity index (χ1v) is 14.6. The Hall–Kier alpha value is -4.24. The first-order chi connectivity index (χ1) is 19.0. The average molecular weight is 555 g/mol. The lowest BCUT2D eigenvalue weighted by Gasteiger charge is -2.35.